The zero-order valence-electron chi connectivity index (χ0n) is 13.6. The van der Waals surface area contributed by atoms with Crippen LogP contribution < -0.4 is 4.90 Å². The molecular formula is C16H21ClN4O2. The van der Waals surface area contributed by atoms with Crippen molar-refractivity contribution in [2.45, 2.75) is 18.9 Å². The normalized spacial score (nSPS) is 18.3. The number of amides is 2. The maximum absolute atomic E-state index is 12.1. The van der Waals surface area contributed by atoms with Crippen LogP contribution in [0.4, 0.5) is 10.8 Å². The first-order chi connectivity index (χ1) is 11.0. The lowest BCUT2D eigenvalue weighted by atomic mass is 10.1. The number of anilines is 1. The van der Waals surface area contributed by atoms with Gasteiger partial charge in [-0.05, 0) is 31.0 Å². The highest BCUT2D eigenvalue weighted by atomic mass is 35.5. The SMILES string of the molecule is CN(C)C(=O)N(C)C1CCCN(c2nc3cc(Cl)ccc3o2)C1. The van der Waals surface area contributed by atoms with Gasteiger partial charge in [-0.15, -0.1) is 0 Å². The minimum atomic E-state index is 0.0150. The van der Waals surface area contributed by atoms with Crippen LogP contribution >= 0.6 is 11.6 Å². The number of rotatable bonds is 2. The van der Waals surface area contributed by atoms with Crippen LogP contribution in [0.2, 0.25) is 5.02 Å². The van der Waals surface area contributed by atoms with E-state index >= 15 is 0 Å². The number of aromatic nitrogens is 1. The number of likely N-dealkylation sites (N-methyl/N-ethyl adjacent to an activating group) is 1. The molecular weight excluding hydrogens is 316 g/mol. The Morgan fingerprint density at radius 3 is 2.91 bits per heavy atom. The van der Waals surface area contributed by atoms with Crippen LogP contribution in [0, 0.1) is 0 Å². The topological polar surface area (TPSA) is 52.8 Å². The van der Waals surface area contributed by atoms with Gasteiger partial charge in [-0.2, -0.15) is 4.98 Å². The molecule has 0 N–H and O–H groups in total. The molecule has 3 rings (SSSR count). The molecule has 6 nitrogen and oxygen atoms in total. The average molecular weight is 337 g/mol. The smallest absolute Gasteiger partial charge is 0.319 e. The Hall–Kier alpha value is -1.95. The molecule has 124 valence electrons. The standard InChI is InChI=1S/C16H21ClN4O2/c1-19(2)16(22)20(3)12-5-4-8-21(10-12)15-18-13-9-11(17)6-7-14(13)23-15/h6-7,9,12H,4-5,8,10H2,1-3H3. The van der Waals surface area contributed by atoms with Gasteiger partial charge in [0.1, 0.15) is 5.52 Å². The predicted molar refractivity (Wildman–Crippen MR) is 91.1 cm³/mol. The summed E-state index contributed by atoms with van der Waals surface area (Å²) in [7, 11) is 5.39. The molecule has 2 heterocycles. The summed E-state index contributed by atoms with van der Waals surface area (Å²) in [6.45, 7) is 1.59. The van der Waals surface area contributed by atoms with Crippen molar-refractivity contribution in [1.29, 1.82) is 0 Å². The Morgan fingerprint density at radius 2 is 2.17 bits per heavy atom. The minimum Gasteiger partial charge on any atom is -0.423 e. The fourth-order valence-electron chi connectivity index (χ4n) is 2.94. The summed E-state index contributed by atoms with van der Waals surface area (Å²) in [5.41, 5.74) is 1.48. The van der Waals surface area contributed by atoms with Gasteiger partial charge in [0.15, 0.2) is 5.58 Å². The number of urea groups is 1. The highest BCUT2D eigenvalue weighted by molar-refractivity contribution is 6.31. The van der Waals surface area contributed by atoms with Gasteiger partial charge in [0.05, 0.1) is 6.04 Å². The van der Waals surface area contributed by atoms with E-state index in [1.54, 1.807) is 36.0 Å². The third-order valence-electron chi connectivity index (χ3n) is 4.24. The van der Waals surface area contributed by atoms with E-state index in [4.69, 9.17) is 16.0 Å². The average Bonchev–Trinajstić information content (AvgIpc) is 2.96. The Bertz CT molecular complexity index is 715. The van der Waals surface area contributed by atoms with E-state index in [0.717, 1.165) is 37.0 Å². The van der Waals surface area contributed by atoms with Crippen molar-refractivity contribution >= 4 is 34.7 Å². The summed E-state index contributed by atoms with van der Waals surface area (Å²) >= 11 is 6.00. The summed E-state index contributed by atoms with van der Waals surface area (Å²) in [6, 6.07) is 6.18. The minimum absolute atomic E-state index is 0.0150. The van der Waals surface area contributed by atoms with Crippen LogP contribution in [0.5, 0.6) is 0 Å². The van der Waals surface area contributed by atoms with Gasteiger partial charge < -0.3 is 19.1 Å². The van der Waals surface area contributed by atoms with Crippen LogP contribution in [-0.4, -0.2) is 61.1 Å². The van der Waals surface area contributed by atoms with Crippen LogP contribution in [0.25, 0.3) is 11.1 Å². The molecule has 0 radical (unpaired) electrons. The molecule has 0 spiro atoms. The molecule has 1 aliphatic heterocycles. The lowest BCUT2D eigenvalue weighted by Crippen LogP contribution is -2.51. The fourth-order valence-corrected chi connectivity index (χ4v) is 3.11. The first kappa shape index (κ1) is 15.9. The molecule has 0 aliphatic carbocycles. The Labute approximate surface area is 140 Å². The number of carbonyl (C=O) groups is 1. The molecule has 1 unspecified atom stereocenters. The fraction of sp³-hybridized carbons (Fsp3) is 0.500. The first-order valence-electron chi connectivity index (χ1n) is 7.71. The molecule has 0 bridgehead atoms. The van der Waals surface area contributed by atoms with E-state index in [-0.39, 0.29) is 12.1 Å². The molecule has 1 fully saturated rings. The van der Waals surface area contributed by atoms with Gasteiger partial charge in [0, 0.05) is 39.3 Å². The van der Waals surface area contributed by atoms with E-state index in [1.165, 1.54) is 0 Å². The number of hydrogen-bond donors (Lipinski definition) is 0. The molecule has 0 saturated carbocycles. The highest BCUT2D eigenvalue weighted by Gasteiger charge is 2.29. The van der Waals surface area contributed by atoms with Gasteiger partial charge in [0.2, 0.25) is 0 Å². The molecule has 2 amide bonds. The van der Waals surface area contributed by atoms with Crippen molar-refractivity contribution in [2.75, 3.05) is 39.1 Å². The second-order valence-electron chi connectivity index (χ2n) is 6.14. The number of carbonyl (C=O) groups excluding carboxylic acids is 1. The summed E-state index contributed by atoms with van der Waals surface area (Å²) in [5.74, 6) is 0. The number of hydrogen-bond acceptors (Lipinski definition) is 4. The quantitative estimate of drug-likeness (QED) is 0.845. The number of nitrogens with zero attached hydrogens (tertiary/aromatic N) is 4. The van der Waals surface area contributed by atoms with Gasteiger partial charge in [-0.25, -0.2) is 4.79 Å². The van der Waals surface area contributed by atoms with Crippen LogP contribution in [-0.2, 0) is 0 Å². The van der Waals surface area contributed by atoms with Gasteiger partial charge in [-0.3, -0.25) is 0 Å². The number of benzene rings is 1. The summed E-state index contributed by atoms with van der Waals surface area (Å²) < 4.78 is 5.84. The van der Waals surface area contributed by atoms with Gasteiger partial charge in [-0.1, -0.05) is 11.6 Å². The third-order valence-corrected chi connectivity index (χ3v) is 4.47. The van der Waals surface area contributed by atoms with Gasteiger partial charge >= 0.3 is 6.03 Å². The maximum atomic E-state index is 12.1. The Morgan fingerprint density at radius 1 is 1.39 bits per heavy atom. The maximum Gasteiger partial charge on any atom is 0.319 e. The van der Waals surface area contributed by atoms with E-state index < -0.39 is 0 Å². The molecule has 2 aromatic rings. The van der Waals surface area contributed by atoms with Crippen molar-refractivity contribution < 1.29 is 9.21 Å². The number of halogens is 1. The second kappa shape index (κ2) is 6.28. The second-order valence-corrected chi connectivity index (χ2v) is 6.57. The van der Waals surface area contributed by atoms with E-state index in [1.807, 2.05) is 13.1 Å². The van der Waals surface area contributed by atoms with Crippen molar-refractivity contribution in [3.63, 3.8) is 0 Å². The predicted octanol–water partition coefficient (Wildman–Crippen LogP) is 3.06. The largest absolute Gasteiger partial charge is 0.423 e. The molecule has 23 heavy (non-hydrogen) atoms. The van der Waals surface area contributed by atoms with Crippen molar-refractivity contribution in [3.05, 3.63) is 23.2 Å². The van der Waals surface area contributed by atoms with Crippen molar-refractivity contribution in [1.82, 2.24) is 14.8 Å². The molecule has 7 heteroatoms. The molecule has 1 saturated heterocycles. The summed E-state index contributed by atoms with van der Waals surface area (Å²) in [4.78, 5) is 22.2. The van der Waals surface area contributed by atoms with Crippen LogP contribution in [0.3, 0.4) is 0 Å². The zero-order valence-corrected chi connectivity index (χ0v) is 14.4. The molecule has 1 atom stereocenters. The van der Waals surface area contributed by atoms with Crippen LogP contribution in [0.1, 0.15) is 12.8 Å². The molecule has 1 aromatic heterocycles. The Kier molecular flexibility index (Phi) is 4.35. The zero-order chi connectivity index (χ0) is 16.6. The first-order valence-corrected chi connectivity index (χ1v) is 8.08. The lowest BCUT2D eigenvalue weighted by molar-refractivity contribution is 0.157. The number of fused-ring (bicyclic) bond motifs is 1. The van der Waals surface area contributed by atoms with Crippen molar-refractivity contribution in [2.24, 2.45) is 0 Å². The third kappa shape index (κ3) is 3.22. The summed E-state index contributed by atoms with van der Waals surface area (Å²) in [5, 5.41) is 0.644. The summed E-state index contributed by atoms with van der Waals surface area (Å²) in [6.07, 6.45) is 1.98. The van der Waals surface area contributed by atoms with E-state index in [2.05, 4.69) is 9.88 Å². The lowest BCUT2D eigenvalue weighted by Gasteiger charge is -2.37. The van der Waals surface area contributed by atoms with Crippen molar-refractivity contribution in [3.8, 4) is 0 Å². The molecule has 1 aliphatic rings. The van der Waals surface area contributed by atoms with E-state index in [9.17, 15) is 4.79 Å². The molecule has 1 aromatic carbocycles. The van der Waals surface area contributed by atoms with Gasteiger partial charge in [0.25, 0.3) is 6.01 Å². The highest BCUT2D eigenvalue weighted by Crippen LogP contribution is 2.27. The Balaban J connectivity index is 1.78. The number of piperidine rings is 1. The monoisotopic (exact) mass is 336 g/mol. The van der Waals surface area contributed by atoms with E-state index in [0.29, 0.717) is 11.0 Å². The number of oxazole rings is 1. The van der Waals surface area contributed by atoms with Crippen LogP contribution in [0.15, 0.2) is 22.6 Å².